The molecule has 29 heavy (non-hydrogen) atoms. The highest BCUT2D eigenvalue weighted by molar-refractivity contribution is 7.99. The van der Waals surface area contributed by atoms with Crippen molar-refractivity contribution in [2.24, 2.45) is 0 Å². The molecule has 0 bridgehead atoms. The van der Waals surface area contributed by atoms with Crippen molar-refractivity contribution < 1.29 is 32.1 Å². The molecule has 3 rings (SSSR count). The second kappa shape index (κ2) is 7.59. The molecule has 1 aliphatic rings. The van der Waals surface area contributed by atoms with Crippen molar-refractivity contribution in [2.75, 3.05) is 0 Å². The van der Waals surface area contributed by atoms with Gasteiger partial charge in [0.25, 0.3) is 22.7 Å². The van der Waals surface area contributed by atoms with Gasteiger partial charge in [-0.05, 0) is 41.7 Å². The second-order valence-electron chi connectivity index (χ2n) is 5.25. The molecule has 10 nitrogen and oxygen atoms in total. The normalized spacial score (nSPS) is 14.4. The van der Waals surface area contributed by atoms with Crippen LogP contribution in [0.15, 0.2) is 38.3 Å². The van der Waals surface area contributed by atoms with Gasteiger partial charge in [-0.3, -0.25) is 30.3 Å². The minimum Gasteiger partial charge on any atom is -0.407 e. The van der Waals surface area contributed by atoms with Crippen LogP contribution >= 0.6 is 24.0 Å². The lowest BCUT2D eigenvalue weighted by Crippen LogP contribution is -2.51. The zero-order valence-corrected chi connectivity index (χ0v) is 15.3. The van der Waals surface area contributed by atoms with Gasteiger partial charge >= 0.3 is 12.1 Å². The van der Waals surface area contributed by atoms with E-state index in [4.69, 9.17) is 0 Å². The summed E-state index contributed by atoms with van der Waals surface area (Å²) in [6.07, 6.45) is -3.75. The molecule has 2 heterocycles. The van der Waals surface area contributed by atoms with Crippen LogP contribution in [-0.4, -0.2) is 32.0 Å². The standard InChI is InChI=1S/C14H6F3N5O5S2/c15-14(16,17)11-20-21-13(27-11)29-8-2-1-5(4-7(8)22(25)26)3-6-9(23)18-12(28)19-10(6)24/h1-4H,(H2,18,19,23,24,28). The first-order valence-electron chi connectivity index (χ1n) is 7.30. The molecule has 15 heteroatoms. The minimum absolute atomic E-state index is 0.0896. The SMILES string of the molecule is O=C1NC(=S)NC(=O)C1=Cc1ccc(Sc2nnc(C(F)(F)F)o2)c([N+](=O)[O-])c1. The summed E-state index contributed by atoms with van der Waals surface area (Å²) < 4.78 is 42.0. The first-order valence-corrected chi connectivity index (χ1v) is 8.52. The highest BCUT2D eigenvalue weighted by atomic mass is 32.2. The number of aromatic nitrogens is 2. The third kappa shape index (κ3) is 4.57. The van der Waals surface area contributed by atoms with Gasteiger partial charge in [-0.15, -0.1) is 10.2 Å². The molecule has 0 saturated carbocycles. The Morgan fingerprint density at radius 3 is 2.41 bits per heavy atom. The van der Waals surface area contributed by atoms with Crippen molar-refractivity contribution in [3.05, 3.63) is 45.3 Å². The summed E-state index contributed by atoms with van der Waals surface area (Å²) in [6.45, 7) is 0. The van der Waals surface area contributed by atoms with Crippen molar-refractivity contribution in [1.82, 2.24) is 20.8 Å². The summed E-state index contributed by atoms with van der Waals surface area (Å²) in [7, 11) is 0. The highest BCUT2D eigenvalue weighted by Gasteiger charge is 2.38. The molecule has 0 aliphatic carbocycles. The summed E-state index contributed by atoms with van der Waals surface area (Å²) in [5.41, 5.74) is -0.723. The largest absolute Gasteiger partial charge is 0.470 e. The van der Waals surface area contributed by atoms with E-state index in [2.05, 4.69) is 37.5 Å². The van der Waals surface area contributed by atoms with Crippen LogP contribution in [0.2, 0.25) is 0 Å². The lowest BCUT2D eigenvalue weighted by atomic mass is 10.1. The van der Waals surface area contributed by atoms with Crippen LogP contribution in [0, 0.1) is 10.1 Å². The van der Waals surface area contributed by atoms with Gasteiger partial charge in [-0.25, -0.2) is 0 Å². The summed E-state index contributed by atoms with van der Waals surface area (Å²) in [5.74, 6) is -3.16. The zero-order chi connectivity index (χ0) is 21.3. The van der Waals surface area contributed by atoms with E-state index < -0.39 is 39.7 Å². The summed E-state index contributed by atoms with van der Waals surface area (Å²) in [6, 6.07) is 3.55. The number of benzene rings is 1. The molecule has 1 aliphatic heterocycles. The molecule has 2 N–H and O–H groups in total. The Kier molecular flexibility index (Phi) is 5.34. The number of hydrogen-bond acceptors (Lipinski definition) is 9. The van der Waals surface area contributed by atoms with Crippen molar-refractivity contribution in [3.8, 4) is 0 Å². The van der Waals surface area contributed by atoms with E-state index >= 15 is 0 Å². The number of amides is 2. The Morgan fingerprint density at radius 1 is 1.21 bits per heavy atom. The van der Waals surface area contributed by atoms with Crippen molar-refractivity contribution in [3.63, 3.8) is 0 Å². The molecule has 0 atom stereocenters. The van der Waals surface area contributed by atoms with Crippen LogP contribution in [0.5, 0.6) is 0 Å². The molecule has 0 unspecified atom stereocenters. The zero-order valence-electron chi connectivity index (χ0n) is 13.6. The van der Waals surface area contributed by atoms with Gasteiger partial charge in [0.1, 0.15) is 5.57 Å². The smallest absolute Gasteiger partial charge is 0.407 e. The van der Waals surface area contributed by atoms with Crippen LogP contribution in [-0.2, 0) is 15.8 Å². The fourth-order valence-electron chi connectivity index (χ4n) is 2.09. The number of carbonyl (C=O) groups excluding carboxylic acids is 2. The Morgan fingerprint density at radius 2 is 1.86 bits per heavy atom. The van der Waals surface area contributed by atoms with Crippen LogP contribution < -0.4 is 10.6 Å². The number of halogens is 3. The Balaban J connectivity index is 1.92. The maximum absolute atomic E-state index is 12.5. The Bertz CT molecular complexity index is 1060. The Hall–Kier alpha value is -3.33. The summed E-state index contributed by atoms with van der Waals surface area (Å²) in [5, 5.41) is 21.1. The van der Waals surface area contributed by atoms with Gasteiger partial charge in [-0.2, -0.15) is 13.2 Å². The fourth-order valence-corrected chi connectivity index (χ4v) is 3.04. The molecular formula is C14H6F3N5O5S2. The quantitative estimate of drug-likeness (QED) is 0.238. The van der Waals surface area contributed by atoms with E-state index in [-0.39, 0.29) is 21.1 Å². The van der Waals surface area contributed by atoms with Crippen LogP contribution in [0.25, 0.3) is 6.08 Å². The van der Waals surface area contributed by atoms with E-state index in [0.29, 0.717) is 11.8 Å². The van der Waals surface area contributed by atoms with Crippen LogP contribution in [0.1, 0.15) is 11.5 Å². The third-order valence-electron chi connectivity index (χ3n) is 3.28. The van der Waals surface area contributed by atoms with Crippen molar-refractivity contribution in [2.45, 2.75) is 16.3 Å². The topological polar surface area (TPSA) is 140 Å². The maximum atomic E-state index is 12.5. The predicted molar refractivity (Wildman–Crippen MR) is 93.4 cm³/mol. The van der Waals surface area contributed by atoms with Crippen LogP contribution in [0.3, 0.4) is 0 Å². The van der Waals surface area contributed by atoms with Gasteiger partial charge < -0.3 is 4.42 Å². The molecule has 1 saturated heterocycles. The molecule has 0 radical (unpaired) electrons. The molecule has 0 spiro atoms. The lowest BCUT2D eigenvalue weighted by molar-refractivity contribution is -0.387. The highest BCUT2D eigenvalue weighted by Crippen LogP contribution is 2.37. The van der Waals surface area contributed by atoms with Crippen molar-refractivity contribution in [1.29, 1.82) is 0 Å². The third-order valence-corrected chi connectivity index (χ3v) is 4.39. The van der Waals surface area contributed by atoms with Crippen LogP contribution in [0.4, 0.5) is 18.9 Å². The number of thiocarbonyl (C=S) groups is 1. The molecule has 1 aromatic carbocycles. The number of alkyl halides is 3. The van der Waals surface area contributed by atoms with Gasteiger partial charge in [0.15, 0.2) is 5.11 Å². The maximum Gasteiger partial charge on any atom is 0.470 e. The lowest BCUT2D eigenvalue weighted by Gasteiger charge is -2.16. The number of carbonyl (C=O) groups is 2. The molecule has 1 fully saturated rings. The predicted octanol–water partition coefficient (Wildman–Crippen LogP) is 2.06. The van der Waals surface area contributed by atoms with Crippen molar-refractivity contribution >= 4 is 52.7 Å². The van der Waals surface area contributed by atoms with Gasteiger partial charge in [0.2, 0.25) is 0 Å². The van der Waals surface area contributed by atoms with Gasteiger partial charge in [0.05, 0.1) is 9.82 Å². The molecule has 2 aromatic rings. The van der Waals surface area contributed by atoms with Gasteiger partial charge in [-0.1, -0.05) is 6.07 Å². The van der Waals surface area contributed by atoms with E-state index in [1.54, 1.807) is 0 Å². The fraction of sp³-hybridized carbons (Fsp3) is 0.0714. The number of rotatable bonds is 4. The average molecular weight is 445 g/mol. The second-order valence-corrected chi connectivity index (χ2v) is 6.65. The van der Waals surface area contributed by atoms with E-state index in [1.807, 2.05) is 0 Å². The number of hydrogen-bond donors (Lipinski definition) is 2. The summed E-state index contributed by atoms with van der Waals surface area (Å²) in [4.78, 5) is 34.2. The van der Waals surface area contributed by atoms with E-state index in [9.17, 15) is 32.9 Å². The Labute approximate surface area is 167 Å². The number of nitro benzene ring substituents is 1. The minimum atomic E-state index is -4.85. The molecular weight excluding hydrogens is 439 g/mol. The molecule has 150 valence electrons. The first kappa shape index (κ1) is 20.4. The number of nitrogens with zero attached hydrogens (tertiary/aromatic N) is 3. The average Bonchev–Trinajstić information content (AvgIpc) is 3.08. The summed E-state index contributed by atoms with van der Waals surface area (Å²) >= 11 is 5.12. The van der Waals surface area contributed by atoms with E-state index in [1.165, 1.54) is 12.1 Å². The number of nitro groups is 1. The monoisotopic (exact) mass is 445 g/mol. The van der Waals surface area contributed by atoms with E-state index in [0.717, 1.165) is 12.1 Å². The molecule has 1 aromatic heterocycles. The molecule has 2 amide bonds. The number of nitrogens with one attached hydrogen (secondary N) is 2. The first-order chi connectivity index (χ1) is 13.5. The van der Waals surface area contributed by atoms with Gasteiger partial charge in [0, 0.05) is 6.07 Å².